The molecule has 0 N–H and O–H groups in total. The molecule has 0 amide bonds. The molecular weight excluding hydrogens is 206 g/mol. The molecule has 0 aromatic heterocycles. The van der Waals surface area contributed by atoms with Crippen LogP contribution in [0.25, 0.3) is 0 Å². The van der Waals surface area contributed by atoms with Gasteiger partial charge in [-0.15, -0.1) is 0 Å². The summed E-state index contributed by atoms with van der Waals surface area (Å²) in [6.45, 7) is 13.4. The van der Waals surface area contributed by atoms with Gasteiger partial charge in [0.25, 0.3) is 0 Å². The number of nitrogens with zero attached hydrogens (tertiary/aromatic N) is 1. The number of likely N-dealkylation sites (N-methyl/N-ethyl adjacent to an activating group) is 1. The molecule has 1 nitrogen and oxygen atoms in total. The summed E-state index contributed by atoms with van der Waals surface area (Å²) in [5.41, 5.74) is 2.90. The molecule has 0 saturated carbocycles. The quantitative estimate of drug-likeness (QED) is 0.603. The van der Waals surface area contributed by atoms with Crippen LogP contribution in [0.2, 0.25) is 0 Å². The molecule has 2 rings (SSSR count). The lowest BCUT2D eigenvalue weighted by Gasteiger charge is -2.10. The van der Waals surface area contributed by atoms with Gasteiger partial charge < -0.3 is 4.90 Å². The molecule has 0 saturated heterocycles. The van der Waals surface area contributed by atoms with Crippen LogP contribution < -0.4 is 4.90 Å². The summed E-state index contributed by atoms with van der Waals surface area (Å²) >= 11 is 0. The average Bonchev–Trinajstić information content (AvgIpc) is 2.78. The van der Waals surface area contributed by atoms with Gasteiger partial charge in [0.05, 0.1) is 0 Å². The van der Waals surface area contributed by atoms with Crippen LogP contribution in [0.15, 0.2) is 24.3 Å². The van der Waals surface area contributed by atoms with Crippen LogP contribution in [0.4, 0.5) is 5.69 Å². The summed E-state index contributed by atoms with van der Waals surface area (Å²) in [7, 11) is 2.14. The lowest BCUT2D eigenvalue weighted by atomic mass is 10.2. The molecule has 17 heavy (non-hydrogen) atoms. The van der Waals surface area contributed by atoms with Crippen LogP contribution in [0.5, 0.6) is 0 Å². The van der Waals surface area contributed by atoms with E-state index in [0.717, 1.165) is 0 Å². The minimum Gasteiger partial charge on any atom is -0.374 e. The molecular formula is C16H31N. The normalized spacial score (nSPS) is 10.9. The van der Waals surface area contributed by atoms with Crippen molar-refractivity contribution >= 4 is 5.69 Å². The molecule has 0 unspecified atom stereocenters. The van der Waals surface area contributed by atoms with Gasteiger partial charge in [0.1, 0.15) is 0 Å². The van der Waals surface area contributed by atoms with E-state index in [1.54, 1.807) is 0 Å². The van der Waals surface area contributed by atoms with Crippen LogP contribution in [0, 0.1) is 0 Å². The molecule has 1 aromatic rings. The molecule has 0 atom stereocenters. The zero-order valence-corrected chi connectivity index (χ0v) is 12.9. The van der Waals surface area contributed by atoms with Crippen molar-refractivity contribution in [3.63, 3.8) is 0 Å². The molecule has 1 aromatic carbocycles. The topological polar surface area (TPSA) is 3.24 Å². The van der Waals surface area contributed by atoms with Crippen molar-refractivity contribution in [1.82, 2.24) is 0 Å². The second-order valence-corrected chi connectivity index (χ2v) is 3.51. The maximum atomic E-state index is 2.30. The third-order valence-electron chi connectivity index (χ3n) is 2.12. The van der Waals surface area contributed by atoms with Gasteiger partial charge in [0, 0.05) is 19.3 Å². The summed E-state index contributed by atoms with van der Waals surface area (Å²) in [5.74, 6) is 0. The van der Waals surface area contributed by atoms with Crippen molar-refractivity contribution in [1.29, 1.82) is 0 Å². The Labute approximate surface area is 109 Å². The van der Waals surface area contributed by atoms with Gasteiger partial charge in [-0.3, -0.25) is 0 Å². The van der Waals surface area contributed by atoms with Crippen molar-refractivity contribution in [2.75, 3.05) is 18.5 Å². The van der Waals surface area contributed by atoms with Crippen molar-refractivity contribution in [2.45, 2.75) is 54.4 Å². The lowest BCUT2D eigenvalue weighted by molar-refractivity contribution is 0.956. The van der Waals surface area contributed by atoms with E-state index in [1.165, 1.54) is 30.6 Å². The number of rotatable bonds is 0. The third kappa shape index (κ3) is 7.04. The first-order chi connectivity index (χ1) is 8.29. The van der Waals surface area contributed by atoms with Gasteiger partial charge in [-0.25, -0.2) is 0 Å². The summed E-state index contributed by atoms with van der Waals surface area (Å²) in [6, 6.07) is 8.60. The summed E-state index contributed by atoms with van der Waals surface area (Å²) < 4.78 is 0. The Bertz CT molecular complexity index is 255. The Morgan fingerprint density at radius 3 is 1.94 bits per heavy atom. The summed E-state index contributed by atoms with van der Waals surface area (Å²) in [4.78, 5) is 2.30. The van der Waals surface area contributed by atoms with E-state index >= 15 is 0 Å². The largest absolute Gasteiger partial charge is 0.374 e. The third-order valence-corrected chi connectivity index (χ3v) is 2.12. The molecule has 1 heteroatoms. The average molecular weight is 237 g/mol. The van der Waals surface area contributed by atoms with E-state index in [4.69, 9.17) is 0 Å². The van der Waals surface area contributed by atoms with E-state index in [0.29, 0.717) is 0 Å². The number of hydrogen-bond acceptors (Lipinski definition) is 1. The van der Waals surface area contributed by atoms with Gasteiger partial charge in [-0.05, 0) is 18.1 Å². The SMILES string of the molecule is CC.CC.CCC.CN1CCc2ccccc21. The van der Waals surface area contributed by atoms with E-state index in [-0.39, 0.29) is 0 Å². The molecule has 0 aliphatic carbocycles. The maximum Gasteiger partial charge on any atom is 0.0396 e. The van der Waals surface area contributed by atoms with E-state index < -0.39 is 0 Å². The number of fused-ring (bicyclic) bond motifs is 1. The highest BCUT2D eigenvalue weighted by Crippen LogP contribution is 2.25. The number of benzene rings is 1. The minimum atomic E-state index is 1.18. The highest BCUT2D eigenvalue weighted by atomic mass is 15.1. The zero-order chi connectivity index (χ0) is 13.7. The van der Waals surface area contributed by atoms with E-state index in [2.05, 4.69) is 50.1 Å². The van der Waals surface area contributed by atoms with Crippen molar-refractivity contribution in [3.05, 3.63) is 29.8 Å². The highest BCUT2D eigenvalue weighted by molar-refractivity contribution is 5.56. The Kier molecular flexibility index (Phi) is 14.2. The van der Waals surface area contributed by atoms with Gasteiger partial charge >= 0.3 is 0 Å². The van der Waals surface area contributed by atoms with Crippen LogP contribution in [0.3, 0.4) is 0 Å². The number of anilines is 1. The predicted octanol–water partition coefficient (Wildman–Crippen LogP) is 5.15. The fraction of sp³-hybridized carbons (Fsp3) is 0.625. The fourth-order valence-electron chi connectivity index (χ4n) is 1.50. The lowest BCUT2D eigenvalue weighted by Crippen LogP contribution is -2.12. The van der Waals surface area contributed by atoms with Crippen molar-refractivity contribution in [2.24, 2.45) is 0 Å². The van der Waals surface area contributed by atoms with Gasteiger partial charge in [0.2, 0.25) is 0 Å². The standard InChI is InChI=1S/C9H11N.C3H8.2C2H6/c1-10-7-6-8-4-2-3-5-9(8)10;1-3-2;2*1-2/h2-5H,6-7H2,1H3;3H2,1-2H3;2*1-2H3. The highest BCUT2D eigenvalue weighted by Gasteiger charge is 2.12. The Morgan fingerprint density at radius 1 is 1.00 bits per heavy atom. The maximum absolute atomic E-state index is 2.30. The predicted molar refractivity (Wildman–Crippen MR) is 82.1 cm³/mol. The zero-order valence-electron chi connectivity index (χ0n) is 12.9. The van der Waals surface area contributed by atoms with Crippen LogP contribution in [-0.2, 0) is 6.42 Å². The Hall–Kier alpha value is -0.980. The number of hydrogen-bond donors (Lipinski definition) is 0. The first kappa shape index (κ1) is 18.4. The molecule has 100 valence electrons. The second-order valence-electron chi connectivity index (χ2n) is 3.51. The number of para-hydroxylation sites is 1. The Balaban J connectivity index is 0. The first-order valence-electron chi connectivity index (χ1n) is 7.08. The fourth-order valence-corrected chi connectivity index (χ4v) is 1.50. The molecule has 0 bridgehead atoms. The van der Waals surface area contributed by atoms with Gasteiger partial charge in [-0.2, -0.15) is 0 Å². The van der Waals surface area contributed by atoms with Crippen LogP contribution >= 0.6 is 0 Å². The van der Waals surface area contributed by atoms with Crippen LogP contribution in [-0.4, -0.2) is 13.6 Å². The molecule has 0 fully saturated rings. The molecule has 0 spiro atoms. The Morgan fingerprint density at radius 2 is 1.47 bits per heavy atom. The first-order valence-corrected chi connectivity index (χ1v) is 7.08. The summed E-state index contributed by atoms with van der Waals surface area (Å²) in [5, 5.41) is 0. The van der Waals surface area contributed by atoms with Crippen molar-refractivity contribution in [3.8, 4) is 0 Å². The smallest absolute Gasteiger partial charge is 0.0396 e. The molecule has 1 aliphatic heterocycles. The van der Waals surface area contributed by atoms with Gasteiger partial charge in [0.15, 0.2) is 0 Å². The monoisotopic (exact) mass is 237 g/mol. The van der Waals surface area contributed by atoms with Crippen LogP contribution in [0.1, 0.15) is 53.5 Å². The van der Waals surface area contributed by atoms with E-state index in [9.17, 15) is 0 Å². The molecule has 1 heterocycles. The summed E-state index contributed by atoms with van der Waals surface area (Å²) in [6.07, 6.45) is 2.46. The second kappa shape index (κ2) is 13.1. The van der Waals surface area contributed by atoms with E-state index in [1.807, 2.05) is 27.7 Å². The van der Waals surface area contributed by atoms with Crippen molar-refractivity contribution < 1.29 is 0 Å². The van der Waals surface area contributed by atoms with Gasteiger partial charge in [-0.1, -0.05) is 66.2 Å². The molecule has 1 aliphatic rings. The minimum absolute atomic E-state index is 1.18. The molecule has 0 radical (unpaired) electrons.